The average Bonchev–Trinajstić information content (AvgIpc) is 2.79. The van der Waals surface area contributed by atoms with Crippen LogP contribution in [0.15, 0.2) is 24.3 Å². The molecule has 1 atom stereocenters. The van der Waals surface area contributed by atoms with Crippen molar-refractivity contribution >= 4 is 5.69 Å². The van der Waals surface area contributed by atoms with E-state index >= 15 is 0 Å². The summed E-state index contributed by atoms with van der Waals surface area (Å²) in [5.41, 5.74) is 4.00. The lowest BCUT2D eigenvalue weighted by Gasteiger charge is -2.27. The fraction of sp³-hybridized carbons (Fsp3) is 0.385. The first kappa shape index (κ1) is 11.2. The van der Waals surface area contributed by atoms with E-state index in [0.29, 0.717) is 5.69 Å². The highest BCUT2D eigenvalue weighted by atomic mass is 16.3. The van der Waals surface area contributed by atoms with Crippen LogP contribution in [0.2, 0.25) is 0 Å². The normalized spacial score (nSPS) is 18.2. The fourth-order valence-electron chi connectivity index (χ4n) is 2.52. The largest absolute Gasteiger partial charge is 0.390 e. The minimum atomic E-state index is -0.0571. The minimum absolute atomic E-state index is 0.0571. The van der Waals surface area contributed by atoms with Crippen molar-refractivity contribution in [2.75, 3.05) is 11.9 Å². The van der Waals surface area contributed by atoms with E-state index < -0.39 is 0 Å². The first-order valence-electron chi connectivity index (χ1n) is 6.15. The Bertz CT molecular complexity index is 564. The summed E-state index contributed by atoms with van der Waals surface area (Å²) in [6.45, 7) is 2.82. The van der Waals surface area contributed by atoms with Crippen molar-refractivity contribution in [3.05, 3.63) is 41.2 Å². The minimum Gasteiger partial charge on any atom is -0.390 e. The molecule has 0 radical (unpaired) electrons. The van der Waals surface area contributed by atoms with Gasteiger partial charge < -0.3 is 10.4 Å². The molecular formula is C13H16N4O. The number of fused-ring (bicyclic) bond motifs is 1. The lowest BCUT2D eigenvalue weighted by Crippen LogP contribution is -2.23. The second-order valence-corrected chi connectivity index (χ2v) is 4.54. The number of aliphatic hydroxyl groups is 1. The number of hydrogen-bond acceptors (Lipinski definition) is 4. The zero-order chi connectivity index (χ0) is 12.5. The summed E-state index contributed by atoms with van der Waals surface area (Å²) in [5, 5.41) is 20.8. The van der Waals surface area contributed by atoms with Gasteiger partial charge in [-0.3, -0.25) is 0 Å². The van der Waals surface area contributed by atoms with Gasteiger partial charge in [-0.25, -0.2) is 4.68 Å². The Balaban J connectivity index is 2.05. The van der Waals surface area contributed by atoms with Gasteiger partial charge in [-0.2, -0.15) is 0 Å². The second kappa shape index (κ2) is 4.42. The molecule has 0 bridgehead atoms. The Morgan fingerprint density at radius 3 is 3.06 bits per heavy atom. The van der Waals surface area contributed by atoms with Gasteiger partial charge in [0, 0.05) is 12.2 Å². The molecule has 1 aromatic heterocycles. The molecule has 2 heterocycles. The predicted octanol–water partition coefficient (Wildman–Crippen LogP) is 1.48. The number of rotatable bonds is 2. The Labute approximate surface area is 105 Å². The van der Waals surface area contributed by atoms with Crippen LogP contribution in [0.3, 0.4) is 0 Å². The van der Waals surface area contributed by atoms with Gasteiger partial charge in [0.2, 0.25) is 0 Å². The third-order valence-corrected chi connectivity index (χ3v) is 3.52. The molecule has 94 valence electrons. The van der Waals surface area contributed by atoms with Crippen LogP contribution in [-0.2, 0) is 6.61 Å². The third-order valence-electron chi connectivity index (χ3n) is 3.52. The van der Waals surface area contributed by atoms with Crippen LogP contribution in [-0.4, -0.2) is 26.6 Å². The molecule has 3 rings (SSSR count). The summed E-state index contributed by atoms with van der Waals surface area (Å²) in [6.07, 6.45) is 0.978. The Morgan fingerprint density at radius 1 is 1.44 bits per heavy atom. The van der Waals surface area contributed by atoms with Crippen molar-refractivity contribution in [3.63, 3.8) is 0 Å². The number of anilines is 1. The van der Waals surface area contributed by atoms with Crippen molar-refractivity contribution in [1.82, 2.24) is 15.0 Å². The molecule has 0 aliphatic carbocycles. The SMILES string of the molecule is Cc1c(CO)nnn1C1CCNc2ccccc21. The quantitative estimate of drug-likeness (QED) is 0.840. The molecule has 0 saturated carbocycles. The third kappa shape index (κ3) is 1.67. The van der Waals surface area contributed by atoms with Crippen LogP contribution in [0, 0.1) is 6.92 Å². The van der Waals surface area contributed by atoms with Crippen LogP contribution in [0.4, 0.5) is 5.69 Å². The van der Waals surface area contributed by atoms with E-state index in [2.05, 4.69) is 27.8 Å². The Hall–Kier alpha value is -1.88. The average molecular weight is 244 g/mol. The highest BCUT2D eigenvalue weighted by Gasteiger charge is 2.24. The topological polar surface area (TPSA) is 63.0 Å². The first-order chi connectivity index (χ1) is 8.81. The summed E-state index contributed by atoms with van der Waals surface area (Å²) < 4.78 is 1.92. The zero-order valence-electron chi connectivity index (χ0n) is 10.3. The maximum atomic E-state index is 9.20. The van der Waals surface area contributed by atoms with Crippen molar-refractivity contribution in [2.24, 2.45) is 0 Å². The van der Waals surface area contributed by atoms with Gasteiger partial charge in [-0.1, -0.05) is 23.4 Å². The van der Waals surface area contributed by atoms with Gasteiger partial charge in [0.05, 0.1) is 18.3 Å². The summed E-state index contributed by atoms with van der Waals surface area (Å²) in [4.78, 5) is 0. The van der Waals surface area contributed by atoms with Gasteiger partial charge in [-0.05, 0) is 25.0 Å². The maximum Gasteiger partial charge on any atom is 0.111 e. The molecule has 5 nitrogen and oxygen atoms in total. The van der Waals surface area contributed by atoms with Gasteiger partial charge in [0.25, 0.3) is 0 Å². The van der Waals surface area contributed by atoms with E-state index in [1.54, 1.807) is 0 Å². The number of aromatic nitrogens is 3. The van der Waals surface area contributed by atoms with Gasteiger partial charge in [0.1, 0.15) is 5.69 Å². The summed E-state index contributed by atoms with van der Waals surface area (Å²) in [5.74, 6) is 0. The highest BCUT2D eigenvalue weighted by Crippen LogP contribution is 2.32. The molecule has 2 aromatic rings. The molecule has 1 unspecified atom stereocenters. The smallest absolute Gasteiger partial charge is 0.111 e. The lowest BCUT2D eigenvalue weighted by atomic mass is 9.98. The van der Waals surface area contributed by atoms with Gasteiger partial charge in [0.15, 0.2) is 0 Å². The van der Waals surface area contributed by atoms with E-state index in [0.717, 1.165) is 24.3 Å². The summed E-state index contributed by atoms with van der Waals surface area (Å²) in [7, 11) is 0. The van der Waals surface area contributed by atoms with E-state index in [-0.39, 0.29) is 12.6 Å². The zero-order valence-corrected chi connectivity index (χ0v) is 10.3. The first-order valence-corrected chi connectivity index (χ1v) is 6.15. The van der Waals surface area contributed by atoms with Crippen molar-refractivity contribution in [2.45, 2.75) is 26.0 Å². The summed E-state index contributed by atoms with van der Waals surface area (Å²) >= 11 is 0. The number of nitrogens with one attached hydrogen (secondary N) is 1. The standard InChI is InChI=1S/C13H16N4O/c1-9-12(8-18)15-16-17(9)13-6-7-14-11-5-3-2-4-10(11)13/h2-5,13-14,18H,6-8H2,1H3. The number of nitrogens with zero attached hydrogens (tertiary/aromatic N) is 3. The predicted molar refractivity (Wildman–Crippen MR) is 68.4 cm³/mol. The van der Waals surface area contributed by atoms with Crippen LogP contribution < -0.4 is 5.32 Å². The van der Waals surface area contributed by atoms with Gasteiger partial charge in [-0.15, -0.1) is 5.10 Å². The molecule has 0 fully saturated rings. The molecule has 1 aliphatic heterocycles. The van der Waals surface area contributed by atoms with Crippen LogP contribution in [0.25, 0.3) is 0 Å². The Morgan fingerprint density at radius 2 is 2.28 bits per heavy atom. The molecule has 0 saturated heterocycles. The number of hydrogen-bond donors (Lipinski definition) is 2. The van der Waals surface area contributed by atoms with Gasteiger partial charge >= 0.3 is 0 Å². The van der Waals surface area contributed by atoms with Crippen LogP contribution in [0.1, 0.15) is 29.4 Å². The maximum absolute atomic E-state index is 9.20. The summed E-state index contributed by atoms with van der Waals surface area (Å²) in [6, 6.07) is 8.47. The van der Waals surface area contributed by atoms with Crippen molar-refractivity contribution in [1.29, 1.82) is 0 Å². The highest BCUT2D eigenvalue weighted by molar-refractivity contribution is 5.54. The fourth-order valence-corrected chi connectivity index (χ4v) is 2.52. The van der Waals surface area contributed by atoms with Crippen LogP contribution in [0.5, 0.6) is 0 Å². The molecule has 0 amide bonds. The van der Waals surface area contributed by atoms with Crippen molar-refractivity contribution in [3.8, 4) is 0 Å². The monoisotopic (exact) mass is 244 g/mol. The molecular weight excluding hydrogens is 228 g/mol. The van der Waals surface area contributed by atoms with E-state index in [9.17, 15) is 5.11 Å². The van der Waals surface area contributed by atoms with Crippen molar-refractivity contribution < 1.29 is 5.11 Å². The molecule has 0 spiro atoms. The molecule has 5 heteroatoms. The number of benzene rings is 1. The van der Waals surface area contributed by atoms with E-state index in [4.69, 9.17) is 0 Å². The molecule has 1 aliphatic rings. The van der Waals surface area contributed by atoms with E-state index in [1.165, 1.54) is 5.56 Å². The molecule has 2 N–H and O–H groups in total. The lowest BCUT2D eigenvalue weighted by molar-refractivity contribution is 0.276. The second-order valence-electron chi connectivity index (χ2n) is 4.54. The number of aliphatic hydroxyl groups excluding tert-OH is 1. The Kier molecular flexibility index (Phi) is 2.76. The van der Waals surface area contributed by atoms with Crippen LogP contribution >= 0.6 is 0 Å². The van der Waals surface area contributed by atoms with E-state index in [1.807, 2.05) is 23.7 Å². The number of para-hydroxylation sites is 1. The molecule has 1 aromatic carbocycles. The molecule has 18 heavy (non-hydrogen) atoms.